The van der Waals surface area contributed by atoms with Gasteiger partial charge in [0.15, 0.2) is 11.4 Å². The molecular formula is C24H23N9O2S2. The van der Waals surface area contributed by atoms with Crippen molar-refractivity contribution >= 4 is 35.3 Å². The minimum atomic E-state index is -0.569. The number of thiocarbonyl (C=S) groups is 1. The largest absolute Gasteiger partial charge is 0.375 e. The second kappa shape index (κ2) is 9.52. The highest BCUT2D eigenvalue weighted by atomic mass is 32.1. The zero-order chi connectivity index (χ0) is 25.5. The Morgan fingerprint density at radius 2 is 1.76 bits per heavy atom. The first-order valence-corrected chi connectivity index (χ1v) is 12.4. The van der Waals surface area contributed by atoms with Gasteiger partial charge in [-0.1, -0.05) is 60.7 Å². The van der Waals surface area contributed by atoms with E-state index in [-0.39, 0.29) is 17.3 Å². The first-order chi connectivity index (χ1) is 18.0. The van der Waals surface area contributed by atoms with E-state index in [1.807, 2.05) is 66.7 Å². The molecule has 2 aromatic heterocycles. The quantitative estimate of drug-likeness (QED) is 0.201. The minimum absolute atomic E-state index is 0.0515. The number of aromatic nitrogens is 5. The highest BCUT2D eigenvalue weighted by Crippen LogP contribution is 2.34. The molecule has 2 fully saturated rings. The summed E-state index contributed by atoms with van der Waals surface area (Å²) in [5.41, 5.74) is 12.3. The van der Waals surface area contributed by atoms with Crippen LogP contribution in [0.1, 0.15) is 12.5 Å². The number of nitrogens with one attached hydrogen (secondary N) is 1. The van der Waals surface area contributed by atoms with Gasteiger partial charge < -0.3 is 21.1 Å². The third-order valence-corrected chi connectivity index (χ3v) is 6.78. The fourth-order valence-corrected chi connectivity index (χ4v) is 4.85. The van der Waals surface area contributed by atoms with Gasteiger partial charge in [0.05, 0.1) is 29.7 Å². The first-order valence-electron chi connectivity index (χ1n) is 11.6. The van der Waals surface area contributed by atoms with Crippen LogP contribution in [0.2, 0.25) is 0 Å². The van der Waals surface area contributed by atoms with Crippen molar-refractivity contribution < 1.29 is 9.47 Å². The minimum Gasteiger partial charge on any atom is -0.375 e. The maximum atomic E-state index is 6.49. The molecule has 5 N–H and O–H groups in total. The van der Waals surface area contributed by atoms with Gasteiger partial charge in [-0.25, -0.2) is 4.68 Å². The van der Waals surface area contributed by atoms with Gasteiger partial charge in [0.2, 0.25) is 4.77 Å². The van der Waals surface area contributed by atoms with E-state index < -0.39 is 6.29 Å². The molecular weight excluding hydrogens is 510 g/mol. The molecule has 0 radical (unpaired) electrons. The van der Waals surface area contributed by atoms with Gasteiger partial charge in [-0.15, -0.1) is 5.10 Å². The average Bonchev–Trinajstić information content (AvgIpc) is 3.62. The number of hydrazone groups is 1. The van der Waals surface area contributed by atoms with E-state index in [0.29, 0.717) is 29.5 Å². The summed E-state index contributed by atoms with van der Waals surface area (Å²) in [6.07, 6.45) is -0.370. The normalized spacial score (nSPS) is 21.8. The molecule has 13 heteroatoms. The number of benzene rings is 2. The zero-order valence-electron chi connectivity index (χ0n) is 19.5. The third-order valence-electron chi connectivity index (χ3n) is 6.31. The van der Waals surface area contributed by atoms with Crippen molar-refractivity contribution in [2.45, 2.75) is 24.9 Å². The van der Waals surface area contributed by atoms with Crippen LogP contribution in [-0.4, -0.2) is 54.1 Å². The second-order valence-corrected chi connectivity index (χ2v) is 9.45. The van der Waals surface area contributed by atoms with Crippen LogP contribution in [-0.2, 0) is 9.47 Å². The van der Waals surface area contributed by atoms with Crippen molar-refractivity contribution in [3.63, 3.8) is 0 Å². The van der Waals surface area contributed by atoms with Gasteiger partial charge in [0, 0.05) is 17.5 Å². The van der Waals surface area contributed by atoms with E-state index in [0.717, 1.165) is 22.5 Å². The Hall–Kier alpha value is -3.91. The van der Waals surface area contributed by atoms with E-state index in [1.54, 1.807) is 9.36 Å². The lowest BCUT2D eigenvalue weighted by Crippen LogP contribution is -2.39. The average molecular weight is 534 g/mol. The molecule has 3 unspecified atom stereocenters. The molecule has 3 atom stereocenters. The number of hydrogen-bond acceptors (Lipinski definition) is 8. The van der Waals surface area contributed by atoms with Crippen molar-refractivity contribution in [3.05, 3.63) is 71.5 Å². The van der Waals surface area contributed by atoms with Gasteiger partial charge in [-0.05, 0) is 30.5 Å². The zero-order valence-corrected chi connectivity index (χ0v) is 21.1. The fourth-order valence-electron chi connectivity index (χ4n) is 4.55. The van der Waals surface area contributed by atoms with Gasteiger partial charge in [0.1, 0.15) is 6.10 Å². The van der Waals surface area contributed by atoms with Crippen LogP contribution < -0.4 is 17.0 Å². The third kappa shape index (κ3) is 4.31. The standard InChI is InChI=1S/C24H23N9O2S2/c25-22(36)28-27-17-12-19(20-13-34-21(17)35-20)33-24(37)31(26)23(30-33)32-18(15-9-5-2-6-10-15)11-16(29-32)14-7-3-1-4-8-14/h1-11,19-21H,12-13,26H2,(H3,25,28,36). The molecule has 0 spiro atoms. The predicted molar refractivity (Wildman–Crippen MR) is 145 cm³/mol. The van der Waals surface area contributed by atoms with Gasteiger partial charge in [-0.2, -0.15) is 19.6 Å². The summed E-state index contributed by atoms with van der Waals surface area (Å²) >= 11 is 10.6. The summed E-state index contributed by atoms with van der Waals surface area (Å²) < 4.78 is 16.8. The topological polar surface area (TPSA) is 135 Å². The monoisotopic (exact) mass is 533 g/mol. The number of nitrogens with zero attached hydrogens (tertiary/aromatic N) is 6. The van der Waals surface area contributed by atoms with E-state index in [2.05, 4.69) is 10.5 Å². The van der Waals surface area contributed by atoms with Crippen LogP contribution in [0.5, 0.6) is 0 Å². The Kier molecular flexibility index (Phi) is 6.04. The molecule has 0 amide bonds. The number of nitrogens with two attached hydrogens (primary N) is 2. The van der Waals surface area contributed by atoms with Crippen molar-refractivity contribution in [3.8, 4) is 28.5 Å². The Morgan fingerprint density at radius 3 is 2.46 bits per heavy atom. The molecule has 188 valence electrons. The maximum Gasteiger partial charge on any atom is 0.270 e. The molecule has 4 aromatic rings. The van der Waals surface area contributed by atoms with E-state index >= 15 is 0 Å². The Morgan fingerprint density at radius 1 is 1.05 bits per heavy atom. The molecule has 0 aliphatic carbocycles. The lowest BCUT2D eigenvalue weighted by atomic mass is 10.0. The van der Waals surface area contributed by atoms with Crippen molar-refractivity contribution in [2.24, 2.45) is 10.8 Å². The van der Waals surface area contributed by atoms with Crippen LogP contribution in [0.4, 0.5) is 0 Å². The Balaban J connectivity index is 1.44. The van der Waals surface area contributed by atoms with Gasteiger partial charge in [0.25, 0.3) is 5.95 Å². The van der Waals surface area contributed by atoms with Crippen molar-refractivity contribution in [1.29, 1.82) is 0 Å². The SMILES string of the molecule is NC(=S)NN=C1CC(n2nc(-n3nc(-c4ccccc4)cc3-c3ccccc3)n(N)c2=S)C2COC1O2. The number of rotatable bonds is 5. The molecule has 6 rings (SSSR count). The number of hydrogen-bond donors (Lipinski definition) is 3. The summed E-state index contributed by atoms with van der Waals surface area (Å²) in [4.78, 5) is 0. The highest BCUT2D eigenvalue weighted by molar-refractivity contribution is 7.80. The Bertz CT molecular complexity index is 1550. The summed E-state index contributed by atoms with van der Waals surface area (Å²) in [5.74, 6) is 6.85. The molecule has 4 heterocycles. The molecule has 37 heavy (non-hydrogen) atoms. The predicted octanol–water partition coefficient (Wildman–Crippen LogP) is 2.52. The maximum absolute atomic E-state index is 6.49. The van der Waals surface area contributed by atoms with Gasteiger partial charge in [-0.3, -0.25) is 5.43 Å². The fraction of sp³-hybridized carbons (Fsp3) is 0.208. The Labute approximate surface area is 222 Å². The summed E-state index contributed by atoms with van der Waals surface area (Å²) in [6, 6.07) is 21.6. The first kappa shape index (κ1) is 23.5. The van der Waals surface area contributed by atoms with Crippen LogP contribution in [0, 0.1) is 4.77 Å². The number of nitrogen functional groups attached to an aromatic ring is 1. The summed E-state index contributed by atoms with van der Waals surface area (Å²) in [7, 11) is 0. The van der Waals surface area contributed by atoms with Crippen molar-refractivity contribution in [1.82, 2.24) is 29.7 Å². The van der Waals surface area contributed by atoms with E-state index in [9.17, 15) is 0 Å². The summed E-state index contributed by atoms with van der Waals surface area (Å²) in [5, 5.41) is 14.0. The molecule has 2 aliphatic heterocycles. The van der Waals surface area contributed by atoms with Crippen LogP contribution >= 0.6 is 24.4 Å². The second-order valence-electron chi connectivity index (χ2n) is 8.65. The number of fused-ring (bicyclic) bond motifs is 2. The molecule has 11 nitrogen and oxygen atoms in total. The smallest absolute Gasteiger partial charge is 0.270 e. The van der Waals surface area contributed by atoms with E-state index in [1.165, 1.54) is 4.68 Å². The van der Waals surface area contributed by atoms with Crippen LogP contribution in [0.15, 0.2) is 71.8 Å². The van der Waals surface area contributed by atoms with E-state index in [4.69, 9.17) is 55.7 Å². The van der Waals surface area contributed by atoms with Crippen LogP contribution in [0.3, 0.4) is 0 Å². The molecule has 2 saturated heterocycles. The molecule has 2 bridgehead atoms. The lowest BCUT2D eigenvalue weighted by molar-refractivity contribution is -0.0323. The van der Waals surface area contributed by atoms with Gasteiger partial charge >= 0.3 is 0 Å². The highest BCUT2D eigenvalue weighted by Gasteiger charge is 2.44. The van der Waals surface area contributed by atoms with Crippen LogP contribution in [0.25, 0.3) is 28.5 Å². The molecule has 2 aliphatic rings. The molecule has 0 saturated carbocycles. The van der Waals surface area contributed by atoms with Crippen molar-refractivity contribution in [2.75, 3.05) is 12.4 Å². The molecule has 2 aromatic carbocycles. The summed E-state index contributed by atoms with van der Waals surface area (Å²) in [6.45, 7) is 0.366. The number of ether oxygens (including phenoxy) is 2. The lowest BCUT2D eigenvalue weighted by Gasteiger charge is -2.28.